The Kier molecular flexibility index (Phi) is 4.58. The monoisotopic (exact) mass is 357 g/mol. The molecule has 0 radical (unpaired) electrons. The Morgan fingerprint density at radius 2 is 1.80 bits per heavy atom. The van der Waals surface area contributed by atoms with Gasteiger partial charge in [0.15, 0.2) is 0 Å². The number of benzene rings is 1. The molecule has 0 amide bonds. The maximum absolute atomic E-state index is 12.9. The van der Waals surface area contributed by atoms with Crippen LogP contribution in [0.1, 0.15) is 23.1 Å². The van der Waals surface area contributed by atoms with Crippen LogP contribution in [0, 0.1) is 0 Å². The second kappa shape index (κ2) is 6.86. The summed E-state index contributed by atoms with van der Waals surface area (Å²) in [5, 5.41) is 0. The van der Waals surface area contributed by atoms with Gasteiger partial charge in [-0.05, 0) is 54.2 Å². The van der Waals surface area contributed by atoms with Gasteiger partial charge in [-0.2, -0.15) is 4.31 Å². The summed E-state index contributed by atoms with van der Waals surface area (Å²) < 4.78 is 27.5. The van der Waals surface area contributed by atoms with Crippen LogP contribution in [0.15, 0.2) is 47.6 Å². The minimum absolute atomic E-state index is 0.453. The van der Waals surface area contributed by atoms with Gasteiger partial charge in [0, 0.05) is 45.1 Å². The number of rotatable bonds is 4. The average molecular weight is 357 g/mol. The summed E-state index contributed by atoms with van der Waals surface area (Å²) in [5.74, 6) is 0. The van der Waals surface area contributed by atoms with E-state index in [-0.39, 0.29) is 0 Å². The van der Waals surface area contributed by atoms with E-state index in [0.717, 1.165) is 44.5 Å². The molecule has 1 saturated heterocycles. The first-order chi connectivity index (χ1) is 12.1. The summed E-state index contributed by atoms with van der Waals surface area (Å²) in [6, 6.07) is 9.65. The minimum Gasteiger partial charge on any atom is -0.296 e. The highest BCUT2D eigenvalue weighted by Crippen LogP contribution is 2.26. The summed E-state index contributed by atoms with van der Waals surface area (Å²) >= 11 is 0. The molecule has 1 fully saturated rings. The van der Waals surface area contributed by atoms with Crippen molar-refractivity contribution in [2.75, 3.05) is 26.2 Å². The zero-order valence-electron chi connectivity index (χ0n) is 14.3. The lowest BCUT2D eigenvalue weighted by Gasteiger charge is -2.34. The van der Waals surface area contributed by atoms with E-state index < -0.39 is 10.0 Å². The molecular formula is C19H23N3O2S. The van der Waals surface area contributed by atoms with E-state index in [9.17, 15) is 8.42 Å². The predicted molar refractivity (Wildman–Crippen MR) is 96.7 cm³/mol. The van der Waals surface area contributed by atoms with Gasteiger partial charge in [-0.3, -0.25) is 9.88 Å². The Morgan fingerprint density at radius 3 is 2.56 bits per heavy atom. The van der Waals surface area contributed by atoms with Crippen molar-refractivity contribution >= 4 is 10.0 Å². The van der Waals surface area contributed by atoms with Crippen LogP contribution in [0.5, 0.6) is 0 Å². The molecule has 0 N–H and O–H groups in total. The van der Waals surface area contributed by atoms with Crippen LogP contribution in [-0.4, -0.2) is 48.8 Å². The standard InChI is InChI=1S/C19H23N3O2S/c23-25(24,19-7-6-17-4-1-5-18(17)13-19)22-11-9-21(10-12-22)15-16-3-2-8-20-14-16/h2-3,6-8,13-14H,1,4-5,9-12,15H2. The number of piperazine rings is 1. The van der Waals surface area contributed by atoms with E-state index in [1.54, 1.807) is 16.6 Å². The Morgan fingerprint density at radius 1 is 1.00 bits per heavy atom. The number of pyridine rings is 1. The summed E-state index contributed by atoms with van der Waals surface area (Å²) in [6.07, 6.45) is 6.84. The van der Waals surface area contributed by atoms with E-state index in [1.165, 1.54) is 11.1 Å². The van der Waals surface area contributed by atoms with Crippen molar-refractivity contribution in [1.82, 2.24) is 14.2 Å². The van der Waals surface area contributed by atoms with Crippen molar-refractivity contribution < 1.29 is 8.42 Å². The second-order valence-electron chi connectivity index (χ2n) is 6.83. The lowest BCUT2D eigenvalue weighted by molar-refractivity contribution is 0.181. The molecule has 0 spiro atoms. The molecule has 25 heavy (non-hydrogen) atoms. The van der Waals surface area contributed by atoms with Gasteiger partial charge >= 0.3 is 0 Å². The molecule has 0 bridgehead atoms. The molecule has 1 aliphatic carbocycles. The zero-order chi connectivity index (χ0) is 17.3. The van der Waals surface area contributed by atoms with Crippen molar-refractivity contribution in [3.05, 3.63) is 59.4 Å². The number of hydrogen-bond acceptors (Lipinski definition) is 4. The van der Waals surface area contributed by atoms with Crippen LogP contribution in [0.4, 0.5) is 0 Å². The molecule has 2 aromatic rings. The van der Waals surface area contributed by atoms with E-state index in [1.807, 2.05) is 24.4 Å². The molecule has 2 heterocycles. The predicted octanol–water partition coefficient (Wildman–Crippen LogP) is 2.08. The first-order valence-corrected chi connectivity index (χ1v) is 10.3. The van der Waals surface area contributed by atoms with Crippen LogP contribution in [0.25, 0.3) is 0 Å². The molecule has 132 valence electrons. The SMILES string of the molecule is O=S(=O)(c1ccc2c(c1)CCC2)N1CCN(Cc2cccnc2)CC1. The minimum atomic E-state index is -3.39. The molecule has 1 aliphatic heterocycles. The maximum atomic E-state index is 12.9. The number of fused-ring (bicyclic) bond motifs is 1. The highest BCUT2D eigenvalue weighted by Gasteiger charge is 2.29. The fraction of sp³-hybridized carbons (Fsp3) is 0.421. The highest BCUT2D eigenvalue weighted by molar-refractivity contribution is 7.89. The molecule has 1 aromatic heterocycles. The molecule has 1 aromatic carbocycles. The molecule has 5 nitrogen and oxygen atoms in total. The molecule has 4 rings (SSSR count). The molecule has 2 aliphatic rings. The van der Waals surface area contributed by atoms with Crippen LogP contribution in [-0.2, 0) is 29.4 Å². The van der Waals surface area contributed by atoms with Gasteiger partial charge in [0.05, 0.1) is 4.90 Å². The van der Waals surface area contributed by atoms with E-state index in [2.05, 4.69) is 16.0 Å². The number of aromatic nitrogens is 1. The van der Waals surface area contributed by atoms with Gasteiger partial charge in [0.1, 0.15) is 0 Å². The van der Waals surface area contributed by atoms with Crippen molar-refractivity contribution in [2.24, 2.45) is 0 Å². The van der Waals surface area contributed by atoms with Gasteiger partial charge in [0.25, 0.3) is 0 Å². The quantitative estimate of drug-likeness (QED) is 0.841. The summed E-state index contributed by atoms with van der Waals surface area (Å²) in [7, 11) is -3.39. The van der Waals surface area contributed by atoms with E-state index in [4.69, 9.17) is 0 Å². The van der Waals surface area contributed by atoms with Crippen LogP contribution >= 0.6 is 0 Å². The third kappa shape index (κ3) is 3.47. The first-order valence-electron chi connectivity index (χ1n) is 8.86. The first kappa shape index (κ1) is 16.7. The number of nitrogens with zero attached hydrogens (tertiary/aromatic N) is 3. The number of sulfonamides is 1. The normalized spacial score (nSPS) is 19.0. The molecule has 0 saturated carbocycles. The Balaban J connectivity index is 1.43. The van der Waals surface area contributed by atoms with Gasteiger partial charge in [-0.25, -0.2) is 8.42 Å². The third-order valence-electron chi connectivity index (χ3n) is 5.17. The average Bonchev–Trinajstić information content (AvgIpc) is 3.11. The van der Waals surface area contributed by atoms with E-state index in [0.29, 0.717) is 18.0 Å². The third-order valence-corrected chi connectivity index (χ3v) is 7.06. The van der Waals surface area contributed by atoms with Gasteiger partial charge < -0.3 is 0 Å². The zero-order valence-corrected chi connectivity index (χ0v) is 15.1. The van der Waals surface area contributed by atoms with Crippen molar-refractivity contribution in [3.8, 4) is 0 Å². The van der Waals surface area contributed by atoms with Gasteiger partial charge in [-0.15, -0.1) is 0 Å². The summed E-state index contributed by atoms with van der Waals surface area (Å²) in [5.41, 5.74) is 3.67. The Bertz CT molecular complexity index is 844. The second-order valence-corrected chi connectivity index (χ2v) is 8.76. The molecule has 0 atom stereocenters. The highest BCUT2D eigenvalue weighted by atomic mass is 32.2. The van der Waals surface area contributed by atoms with E-state index >= 15 is 0 Å². The molecular weight excluding hydrogens is 334 g/mol. The van der Waals surface area contributed by atoms with Gasteiger partial charge in [-0.1, -0.05) is 12.1 Å². The number of hydrogen-bond donors (Lipinski definition) is 0. The van der Waals surface area contributed by atoms with Crippen LogP contribution in [0.3, 0.4) is 0 Å². The van der Waals surface area contributed by atoms with Crippen molar-refractivity contribution in [1.29, 1.82) is 0 Å². The molecule has 6 heteroatoms. The fourth-order valence-electron chi connectivity index (χ4n) is 3.74. The lowest BCUT2D eigenvalue weighted by atomic mass is 10.1. The smallest absolute Gasteiger partial charge is 0.243 e. The topological polar surface area (TPSA) is 53.5 Å². The molecule has 0 unspecified atom stereocenters. The lowest BCUT2D eigenvalue weighted by Crippen LogP contribution is -2.48. The van der Waals surface area contributed by atoms with Crippen molar-refractivity contribution in [3.63, 3.8) is 0 Å². The van der Waals surface area contributed by atoms with Crippen LogP contribution in [0.2, 0.25) is 0 Å². The van der Waals surface area contributed by atoms with Gasteiger partial charge in [0.2, 0.25) is 10.0 Å². The summed E-state index contributed by atoms with van der Waals surface area (Å²) in [6.45, 7) is 3.40. The number of aryl methyl sites for hydroxylation is 2. The fourth-order valence-corrected chi connectivity index (χ4v) is 5.21. The maximum Gasteiger partial charge on any atom is 0.243 e. The Labute approximate surface area is 149 Å². The Hall–Kier alpha value is -1.76. The summed E-state index contributed by atoms with van der Waals surface area (Å²) in [4.78, 5) is 6.88. The van der Waals surface area contributed by atoms with Crippen molar-refractivity contribution in [2.45, 2.75) is 30.7 Å². The largest absolute Gasteiger partial charge is 0.296 e. The van der Waals surface area contributed by atoms with Crippen LogP contribution < -0.4 is 0 Å².